The third kappa shape index (κ3) is 4.70. The Kier molecular flexibility index (Phi) is 5.96. The van der Waals surface area contributed by atoms with Crippen LogP contribution in [0.3, 0.4) is 0 Å². The lowest BCUT2D eigenvalue weighted by Gasteiger charge is -2.09. The molecule has 0 aliphatic carbocycles. The van der Waals surface area contributed by atoms with Crippen LogP contribution in [0.4, 0.5) is 0 Å². The monoisotopic (exact) mass is 327 g/mol. The first-order chi connectivity index (χ1) is 11.1. The Morgan fingerprint density at radius 3 is 2.26 bits per heavy atom. The summed E-state index contributed by atoms with van der Waals surface area (Å²) in [5, 5.41) is 2.59. The summed E-state index contributed by atoms with van der Waals surface area (Å²) in [4.78, 5) is 25.2. The summed E-state index contributed by atoms with van der Waals surface area (Å²) in [6.07, 6.45) is 3.56. The van der Waals surface area contributed by atoms with E-state index in [0.29, 0.717) is 5.56 Å². The van der Waals surface area contributed by atoms with Crippen molar-refractivity contribution in [2.75, 3.05) is 6.26 Å². The molecule has 0 atom stereocenters. The van der Waals surface area contributed by atoms with Crippen LogP contribution in [0.15, 0.2) is 65.2 Å². The summed E-state index contributed by atoms with van der Waals surface area (Å²) in [5.74, 6) is 4.25. The van der Waals surface area contributed by atoms with E-state index >= 15 is 0 Å². The first-order valence-corrected chi connectivity index (χ1v) is 8.09. The van der Waals surface area contributed by atoms with Gasteiger partial charge in [-0.25, -0.2) is 5.84 Å². The van der Waals surface area contributed by atoms with E-state index in [9.17, 15) is 9.59 Å². The standard InChI is InChI=1S/C17H17N3O2S/c1-23-14-9-7-12(8-10-14)11-15(17(22)20-18)19-16(21)13-5-3-2-4-6-13/h2-11H,18H2,1H3,(H,19,21)(H,20,22)/b15-11-. The molecular weight excluding hydrogens is 310 g/mol. The molecule has 0 unspecified atom stereocenters. The number of carbonyl (C=O) groups is 2. The van der Waals surface area contributed by atoms with E-state index in [-0.39, 0.29) is 11.6 Å². The molecule has 0 spiro atoms. The largest absolute Gasteiger partial charge is 0.317 e. The van der Waals surface area contributed by atoms with E-state index in [0.717, 1.165) is 10.5 Å². The van der Waals surface area contributed by atoms with Gasteiger partial charge >= 0.3 is 0 Å². The summed E-state index contributed by atoms with van der Waals surface area (Å²) in [6, 6.07) is 16.3. The fourth-order valence-electron chi connectivity index (χ4n) is 1.89. The zero-order chi connectivity index (χ0) is 16.7. The van der Waals surface area contributed by atoms with E-state index in [1.165, 1.54) is 0 Å². The lowest BCUT2D eigenvalue weighted by Crippen LogP contribution is -2.38. The van der Waals surface area contributed by atoms with Gasteiger partial charge in [-0.1, -0.05) is 30.3 Å². The summed E-state index contributed by atoms with van der Waals surface area (Å²) in [5.41, 5.74) is 3.37. The van der Waals surface area contributed by atoms with Crippen LogP contribution in [0.25, 0.3) is 6.08 Å². The molecule has 2 amide bonds. The number of hydrazine groups is 1. The predicted molar refractivity (Wildman–Crippen MR) is 92.4 cm³/mol. The van der Waals surface area contributed by atoms with E-state index in [1.54, 1.807) is 42.1 Å². The van der Waals surface area contributed by atoms with Crippen molar-refractivity contribution in [1.29, 1.82) is 0 Å². The minimum absolute atomic E-state index is 0.0817. The highest BCUT2D eigenvalue weighted by Gasteiger charge is 2.13. The van der Waals surface area contributed by atoms with Crippen LogP contribution < -0.4 is 16.6 Å². The summed E-state index contributed by atoms with van der Waals surface area (Å²) >= 11 is 1.63. The molecule has 23 heavy (non-hydrogen) atoms. The minimum Gasteiger partial charge on any atom is -0.317 e. The molecule has 4 N–H and O–H groups in total. The Bertz CT molecular complexity index is 712. The third-order valence-corrected chi connectivity index (χ3v) is 3.83. The molecule has 0 radical (unpaired) electrons. The van der Waals surface area contributed by atoms with Crippen molar-refractivity contribution < 1.29 is 9.59 Å². The van der Waals surface area contributed by atoms with Crippen LogP contribution in [0.2, 0.25) is 0 Å². The zero-order valence-corrected chi connectivity index (χ0v) is 13.4. The van der Waals surface area contributed by atoms with Crippen LogP contribution >= 0.6 is 11.8 Å². The molecule has 2 rings (SSSR count). The van der Waals surface area contributed by atoms with Gasteiger partial charge in [-0.3, -0.25) is 15.0 Å². The molecule has 0 aliphatic rings. The van der Waals surface area contributed by atoms with Gasteiger partial charge in [-0.2, -0.15) is 0 Å². The van der Waals surface area contributed by atoms with Crippen LogP contribution in [0, 0.1) is 0 Å². The van der Waals surface area contributed by atoms with Crippen LogP contribution in [0.1, 0.15) is 15.9 Å². The van der Waals surface area contributed by atoms with Crippen molar-refractivity contribution in [3.63, 3.8) is 0 Å². The van der Waals surface area contributed by atoms with Gasteiger partial charge in [0.15, 0.2) is 0 Å². The number of benzene rings is 2. The van der Waals surface area contributed by atoms with Gasteiger partial charge in [0.05, 0.1) is 0 Å². The van der Waals surface area contributed by atoms with Gasteiger partial charge in [0.25, 0.3) is 11.8 Å². The van der Waals surface area contributed by atoms with Crippen molar-refractivity contribution in [3.8, 4) is 0 Å². The number of amides is 2. The number of hydrogen-bond acceptors (Lipinski definition) is 4. The third-order valence-electron chi connectivity index (χ3n) is 3.09. The number of thioether (sulfide) groups is 1. The maximum atomic E-state index is 12.2. The van der Waals surface area contributed by atoms with Crippen molar-refractivity contribution in [2.45, 2.75) is 4.90 Å². The van der Waals surface area contributed by atoms with E-state index < -0.39 is 5.91 Å². The molecule has 0 saturated heterocycles. The number of hydrogen-bond donors (Lipinski definition) is 3. The summed E-state index contributed by atoms with van der Waals surface area (Å²) in [7, 11) is 0. The van der Waals surface area contributed by atoms with Gasteiger partial charge in [0, 0.05) is 10.5 Å². The average molecular weight is 327 g/mol. The maximum absolute atomic E-state index is 12.2. The van der Waals surface area contributed by atoms with Crippen molar-refractivity contribution in [3.05, 3.63) is 71.4 Å². The van der Waals surface area contributed by atoms with Gasteiger partial charge in [-0.15, -0.1) is 11.8 Å². The number of rotatable bonds is 5. The molecule has 0 aliphatic heterocycles. The second kappa shape index (κ2) is 8.17. The Morgan fingerprint density at radius 1 is 1.04 bits per heavy atom. The molecule has 0 aromatic heterocycles. The van der Waals surface area contributed by atoms with Gasteiger partial charge < -0.3 is 5.32 Å². The molecule has 5 nitrogen and oxygen atoms in total. The predicted octanol–water partition coefficient (Wildman–Crippen LogP) is 2.17. The maximum Gasteiger partial charge on any atom is 0.281 e. The molecule has 0 heterocycles. The van der Waals surface area contributed by atoms with Gasteiger partial charge in [-0.05, 0) is 42.2 Å². The molecule has 6 heteroatoms. The first kappa shape index (κ1) is 16.8. The van der Waals surface area contributed by atoms with Crippen molar-refractivity contribution in [1.82, 2.24) is 10.7 Å². The SMILES string of the molecule is CSc1ccc(/C=C(\NC(=O)c2ccccc2)C(=O)NN)cc1. The Morgan fingerprint density at radius 2 is 1.70 bits per heavy atom. The number of carbonyl (C=O) groups excluding carboxylic acids is 2. The van der Waals surface area contributed by atoms with Crippen LogP contribution in [-0.2, 0) is 4.79 Å². The van der Waals surface area contributed by atoms with Crippen LogP contribution in [0.5, 0.6) is 0 Å². The molecule has 0 saturated carbocycles. The second-order valence-electron chi connectivity index (χ2n) is 4.62. The molecule has 2 aromatic carbocycles. The molecule has 0 bridgehead atoms. The highest BCUT2D eigenvalue weighted by Crippen LogP contribution is 2.16. The topological polar surface area (TPSA) is 84.2 Å². The number of nitrogens with one attached hydrogen (secondary N) is 2. The van der Waals surface area contributed by atoms with Crippen molar-refractivity contribution in [2.24, 2.45) is 5.84 Å². The second-order valence-corrected chi connectivity index (χ2v) is 5.50. The fraction of sp³-hybridized carbons (Fsp3) is 0.0588. The first-order valence-electron chi connectivity index (χ1n) is 6.87. The quantitative estimate of drug-likeness (QED) is 0.258. The lowest BCUT2D eigenvalue weighted by molar-refractivity contribution is -0.117. The van der Waals surface area contributed by atoms with E-state index in [4.69, 9.17) is 5.84 Å². The fourth-order valence-corrected chi connectivity index (χ4v) is 2.30. The Labute approximate surface area is 138 Å². The van der Waals surface area contributed by atoms with E-state index in [2.05, 4.69) is 5.32 Å². The Balaban J connectivity index is 2.24. The summed E-state index contributed by atoms with van der Waals surface area (Å²) in [6.45, 7) is 0. The molecular formula is C17H17N3O2S. The van der Waals surface area contributed by atoms with Crippen LogP contribution in [-0.4, -0.2) is 18.1 Å². The minimum atomic E-state index is -0.566. The number of nitrogens with two attached hydrogens (primary N) is 1. The normalized spacial score (nSPS) is 11.0. The zero-order valence-electron chi connectivity index (χ0n) is 12.6. The van der Waals surface area contributed by atoms with Gasteiger partial charge in [0.1, 0.15) is 5.70 Å². The lowest BCUT2D eigenvalue weighted by atomic mass is 10.1. The van der Waals surface area contributed by atoms with Gasteiger partial charge in [0.2, 0.25) is 0 Å². The molecule has 0 fully saturated rings. The molecule has 2 aromatic rings. The molecule has 118 valence electrons. The highest BCUT2D eigenvalue weighted by atomic mass is 32.2. The van der Waals surface area contributed by atoms with Crippen molar-refractivity contribution >= 4 is 29.7 Å². The summed E-state index contributed by atoms with van der Waals surface area (Å²) < 4.78 is 0. The highest BCUT2D eigenvalue weighted by molar-refractivity contribution is 7.98. The van der Waals surface area contributed by atoms with E-state index in [1.807, 2.05) is 42.0 Å². The average Bonchev–Trinajstić information content (AvgIpc) is 2.61. The smallest absolute Gasteiger partial charge is 0.281 e. The Hall–Kier alpha value is -2.57.